The van der Waals surface area contributed by atoms with Gasteiger partial charge in [0.15, 0.2) is 0 Å². The molecule has 5 N–H and O–H groups in total. The Morgan fingerprint density at radius 3 is 2.80 bits per heavy atom. The topological polar surface area (TPSA) is 77.6 Å². The standard InChI is InChI=1S/C15H22N4S/c1-4-13-12-9-20-15(2,3)7-10(12)11(8-17)14(19-13)18-6-5-16/h4-7,9,16H2,1-3H3,(H,18,19)/p+2. The van der Waals surface area contributed by atoms with Crippen molar-refractivity contribution in [2.45, 2.75) is 44.1 Å². The lowest BCUT2D eigenvalue weighted by Gasteiger charge is -2.31. The van der Waals surface area contributed by atoms with E-state index in [0.29, 0.717) is 0 Å². The summed E-state index contributed by atoms with van der Waals surface area (Å²) >= 11 is 1.98. The number of H-pyrrole nitrogens is 1. The molecule has 1 aromatic rings. The summed E-state index contributed by atoms with van der Waals surface area (Å²) in [5.41, 5.74) is 8.47. The van der Waals surface area contributed by atoms with Gasteiger partial charge in [-0.3, -0.25) is 5.32 Å². The summed E-state index contributed by atoms with van der Waals surface area (Å²) in [4.78, 5) is 3.43. The lowest BCUT2D eigenvalue weighted by atomic mass is 9.92. The van der Waals surface area contributed by atoms with Gasteiger partial charge in [0.1, 0.15) is 30.4 Å². The van der Waals surface area contributed by atoms with Crippen molar-refractivity contribution in [2.24, 2.45) is 0 Å². The van der Waals surface area contributed by atoms with E-state index in [0.717, 1.165) is 43.1 Å². The number of hydrogen-bond donors (Lipinski definition) is 2. The van der Waals surface area contributed by atoms with Crippen LogP contribution in [0.15, 0.2) is 0 Å². The van der Waals surface area contributed by atoms with Crippen molar-refractivity contribution in [3.8, 4) is 6.07 Å². The SMILES string of the molecule is CCc1[nH+]c(NCC[NH3+])c(C#N)c2c1CSC(C)(C)C2. The van der Waals surface area contributed by atoms with Gasteiger partial charge in [-0.2, -0.15) is 17.0 Å². The number of anilines is 1. The summed E-state index contributed by atoms with van der Waals surface area (Å²) in [6.45, 7) is 8.26. The lowest BCUT2D eigenvalue weighted by Crippen LogP contribution is -2.53. The Balaban J connectivity index is 2.55. The fraction of sp³-hybridized carbons (Fsp3) is 0.600. The molecule has 0 unspecified atom stereocenters. The van der Waals surface area contributed by atoms with Crippen LogP contribution in [-0.2, 0) is 18.6 Å². The highest BCUT2D eigenvalue weighted by atomic mass is 32.2. The summed E-state index contributed by atoms with van der Waals surface area (Å²) in [5, 5.41) is 12.9. The highest BCUT2D eigenvalue weighted by Crippen LogP contribution is 2.40. The van der Waals surface area contributed by atoms with E-state index in [4.69, 9.17) is 0 Å². The molecule has 2 heterocycles. The van der Waals surface area contributed by atoms with Gasteiger partial charge in [-0.1, -0.05) is 20.8 Å². The minimum atomic E-state index is 0.203. The van der Waals surface area contributed by atoms with Crippen molar-refractivity contribution in [3.05, 3.63) is 22.4 Å². The van der Waals surface area contributed by atoms with Crippen LogP contribution in [0.25, 0.3) is 0 Å². The summed E-state index contributed by atoms with van der Waals surface area (Å²) in [5.74, 6) is 1.86. The van der Waals surface area contributed by atoms with E-state index >= 15 is 0 Å². The number of fused-ring (bicyclic) bond motifs is 1. The number of hydrogen-bond acceptors (Lipinski definition) is 3. The molecule has 5 heteroatoms. The van der Waals surface area contributed by atoms with E-state index in [1.54, 1.807) is 0 Å². The Bertz CT molecular complexity index is 546. The predicted molar refractivity (Wildman–Crippen MR) is 82.4 cm³/mol. The van der Waals surface area contributed by atoms with E-state index in [1.165, 1.54) is 16.8 Å². The van der Waals surface area contributed by atoms with E-state index in [1.807, 2.05) is 11.8 Å². The molecule has 0 spiro atoms. The zero-order chi connectivity index (χ0) is 14.8. The van der Waals surface area contributed by atoms with Gasteiger partial charge in [-0.15, -0.1) is 0 Å². The van der Waals surface area contributed by atoms with Crippen LogP contribution in [0, 0.1) is 11.3 Å². The van der Waals surface area contributed by atoms with Gasteiger partial charge < -0.3 is 5.73 Å². The number of thioether (sulfide) groups is 1. The number of rotatable bonds is 4. The quantitative estimate of drug-likeness (QED) is 0.874. The molecule has 0 fully saturated rings. The number of quaternary nitrogens is 1. The van der Waals surface area contributed by atoms with Crippen LogP contribution in [-0.4, -0.2) is 17.8 Å². The number of pyridine rings is 1. The summed E-state index contributed by atoms with van der Waals surface area (Å²) in [6, 6.07) is 2.40. The van der Waals surface area contributed by atoms with Gasteiger partial charge in [-0.25, -0.2) is 4.98 Å². The second kappa shape index (κ2) is 6.02. The zero-order valence-corrected chi connectivity index (χ0v) is 13.4. The van der Waals surface area contributed by atoms with E-state index in [9.17, 15) is 5.26 Å². The molecule has 0 radical (unpaired) electrons. The molecule has 0 aliphatic carbocycles. The van der Waals surface area contributed by atoms with Crippen molar-refractivity contribution in [3.63, 3.8) is 0 Å². The van der Waals surface area contributed by atoms with Crippen molar-refractivity contribution in [1.82, 2.24) is 0 Å². The Morgan fingerprint density at radius 1 is 1.45 bits per heavy atom. The monoisotopic (exact) mass is 292 g/mol. The molecule has 1 aromatic heterocycles. The van der Waals surface area contributed by atoms with Crippen molar-refractivity contribution in [2.75, 3.05) is 18.4 Å². The van der Waals surface area contributed by atoms with Gasteiger partial charge >= 0.3 is 0 Å². The third-order valence-corrected chi connectivity index (χ3v) is 5.07. The van der Waals surface area contributed by atoms with Crippen LogP contribution in [0.3, 0.4) is 0 Å². The molecular weight excluding hydrogens is 268 g/mol. The van der Waals surface area contributed by atoms with Crippen molar-refractivity contribution < 1.29 is 10.7 Å². The molecule has 20 heavy (non-hydrogen) atoms. The highest BCUT2D eigenvalue weighted by Gasteiger charge is 2.32. The maximum Gasteiger partial charge on any atom is 0.291 e. The molecule has 0 amide bonds. The molecule has 0 aromatic carbocycles. The molecule has 1 aliphatic heterocycles. The van der Waals surface area contributed by atoms with Gasteiger partial charge in [0.25, 0.3) is 5.82 Å². The first-order valence-electron chi connectivity index (χ1n) is 7.19. The first kappa shape index (κ1) is 15.1. The minimum Gasteiger partial charge on any atom is -0.354 e. The highest BCUT2D eigenvalue weighted by molar-refractivity contribution is 7.99. The third-order valence-electron chi connectivity index (χ3n) is 3.71. The van der Waals surface area contributed by atoms with Crippen LogP contribution in [0.1, 0.15) is 43.2 Å². The van der Waals surface area contributed by atoms with Gasteiger partial charge in [0, 0.05) is 22.5 Å². The molecule has 0 atom stereocenters. The van der Waals surface area contributed by atoms with Crippen molar-refractivity contribution >= 4 is 17.6 Å². The average Bonchev–Trinajstić information content (AvgIpc) is 2.42. The fourth-order valence-corrected chi connectivity index (χ4v) is 3.79. The summed E-state index contributed by atoms with van der Waals surface area (Å²) < 4.78 is 0.203. The largest absolute Gasteiger partial charge is 0.354 e. The number of nitrogens with one attached hydrogen (secondary N) is 2. The lowest BCUT2D eigenvalue weighted by molar-refractivity contribution is -0.378. The smallest absolute Gasteiger partial charge is 0.291 e. The molecule has 4 nitrogen and oxygen atoms in total. The van der Waals surface area contributed by atoms with Crippen LogP contribution in [0.4, 0.5) is 5.82 Å². The predicted octanol–water partition coefficient (Wildman–Crippen LogP) is 1.16. The first-order valence-corrected chi connectivity index (χ1v) is 8.18. The Kier molecular flexibility index (Phi) is 4.56. The average molecular weight is 292 g/mol. The van der Waals surface area contributed by atoms with E-state index < -0.39 is 0 Å². The van der Waals surface area contributed by atoms with Crippen molar-refractivity contribution in [1.29, 1.82) is 5.26 Å². The zero-order valence-electron chi connectivity index (χ0n) is 12.6. The second-order valence-corrected chi connectivity index (χ2v) is 7.46. The Hall–Kier alpha value is -1.25. The molecule has 0 saturated heterocycles. The minimum absolute atomic E-state index is 0.203. The first-order chi connectivity index (χ1) is 9.52. The summed E-state index contributed by atoms with van der Waals surface area (Å²) in [7, 11) is 0. The van der Waals surface area contributed by atoms with Crippen LogP contribution < -0.4 is 16.0 Å². The molecule has 0 saturated carbocycles. The van der Waals surface area contributed by atoms with Crippen LogP contribution in [0.5, 0.6) is 0 Å². The van der Waals surface area contributed by atoms with Gasteiger partial charge in [-0.05, 0) is 12.0 Å². The Morgan fingerprint density at radius 2 is 2.20 bits per heavy atom. The molecule has 0 bridgehead atoms. The second-order valence-electron chi connectivity index (χ2n) is 5.78. The van der Waals surface area contributed by atoms with Crippen LogP contribution in [0.2, 0.25) is 0 Å². The number of aromatic amines is 1. The molecular formula is C15H24N4S+2. The maximum atomic E-state index is 9.58. The van der Waals surface area contributed by atoms with Crippen LogP contribution >= 0.6 is 11.8 Å². The maximum absolute atomic E-state index is 9.58. The number of aryl methyl sites for hydroxylation is 1. The van der Waals surface area contributed by atoms with Gasteiger partial charge in [0.2, 0.25) is 0 Å². The van der Waals surface area contributed by atoms with E-state index in [-0.39, 0.29) is 4.75 Å². The number of aromatic nitrogens is 1. The van der Waals surface area contributed by atoms with Gasteiger partial charge in [0.05, 0.1) is 0 Å². The number of nitriles is 1. The fourth-order valence-electron chi connectivity index (χ4n) is 2.66. The molecule has 108 valence electrons. The molecule has 2 rings (SSSR count). The molecule has 1 aliphatic rings. The third kappa shape index (κ3) is 2.92. The van der Waals surface area contributed by atoms with E-state index in [2.05, 4.69) is 42.9 Å². The Labute approximate surface area is 125 Å². The summed E-state index contributed by atoms with van der Waals surface area (Å²) in [6.07, 6.45) is 1.92. The number of nitrogens with zero attached hydrogens (tertiary/aromatic N) is 1. The normalized spacial score (nSPS) is 16.4.